The van der Waals surface area contributed by atoms with Crippen molar-refractivity contribution in [1.82, 2.24) is 9.88 Å². The number of benzene rings is 1. The number of nitrogens with one attached hydrogen (secondary N) is 1. The van der Waals surface area contributed by atoms with Crippen molar-refractivity contribution in [3.63, 3.8) is 0 Å². The van der Waals surface area contributed by atoms with Gasteiger partial charge in [-0.25, -0.2) is 0 Å². The maximum Gasteiger partial charge on any atom is 0.311 e. The van der Waals surface area contributed by atoms with Gasteiger partial charge in [0.15, 0.2) is 0 Å². The van der Waals surface area contributed by atoms with Crippen LogP contribution in [0.1, 0.15) is 36.6 Å². The van der Waals surface area contributed by atoms with Crippen molar-refractivity contribution in [2.24, 2.45) is 17.8 Å². The Bertz CT molecular complexity index is 845. The topological polar surface area (TPSA) is 65.6 Å². The van der Waals surface area contributed by atoms with Gasteiger partial charge in [0.05, 0.1) is 25.2 Å². The molecule has 2 aliphatic heterocycles. The number of piperidine rings is 1. The van der Waals surface area contributed by atoms with Gasteiger partial charge in [0, 0.05) is 29.7 Å². The number of fused-ring (bicyclic) bond motifs is 6. The smallest absolute Gasteiger partial charge is 0.311 e. The number of hydrogen-bond donors (Lipinski definition) is 2. The van der Waals surface area contributed by atoms with E-state index in [0.29, 0.717) is 18.4 Å². The maximum atomic E-state index is 12.4. The minimum atomic E-state index is -0.568. The predicted molar refractivity (Wildman–Crippen MR) is 98.7 cm³/mol. The van der Waals surface area contributed by atoms with Crippen molar-refractivity contribution >= 4 is 16.9 Å². The Morgan fingerprint density at radius 1 is 1.31 bits per heavy atom. The molecule has 0 spiro atoms. The van der Waals surface area contributed by atoms with E-state index in [9.17, 15) is 9.90 Å². The van der Waals surface area contributed by atoms with Gasteiger partial charge in [-0.1, -0.05) is 18.2 Å². The Morgan fingerprint density at radius 3 is 3.00 bits per heavy atom. The summed E-state index contributed by atoms with van der Waals surface area (Å²) in [4.78, 5) is 18.6. The Labute approximate surface area is 153 Å². The number of nitrogens with zero attached hydrogens (tertiary/aromatic N) is 1. The number of aromatic nitrogens is 1. The summed E-state index contributed by atoms with van der Waals surface area (Å²) in [7, 11) is 1.43. The molecular weight excluding hydrogens is 328 g/mol. The molecule has 5 rings (SSSR count). The van der Waals surface area contributed by atoms with E-state index in [0.717, 1.165) is 32.4 Å². The van der Waals surface area contributed by atoms with Crippen LogP contribution >= 0.6 is 0 Å². The first-order valence-corrected chi connectivity index (χ1v) is 9.76. The number of para-hydroxylation sites is 1. The molecule has 3 aliphatic rings. The van der Waals surface area contributed by atoms with E-state index in [2.05, 4.69) is 34.1 Å². The summed E-state index contributed by atoms with van der Waals surface area (Å²) in [5.41, 5.74) is 3.96. The second-order valence-corrected chi connectivity index (χ2v) is 8.18. The Hall–Kier alpha value is -1.85. The number of hydrogen-bond acceptors (Lipinski definition) is 4. The molecule has 1 saturated carbocycles. The van der Waals surface area contributed by atoms with Gasteiger partial charge in [-0.15, -0.1) is 0 Å². The third kappa shape index (κ3) is 2.33. The number of esters is 1. The molecule has 2 fully saturated rings. The number of carbonyl (C=O) groups is 1. The van der Waals surface area contributed by atoms with E-state index in [1.807, 2.05) is 0 Å². The summed E-state index contributed by atoms with van der Waals surface area (Å²) in [5.74, 6) is 0.0541. The van der Waals surface area contributed by atoms with Gasteiger partial charge in [0.1, 0.15) is 0 Å². The predicted octanol–water partition coefficient (Wildman–Crippen LogP) is 2.65. The fourth-order valence-corrected chi connectivity index (χ4v) is 5.80. The average molecular weight is 354 g/mol. The molecule has 1 aliphatic carbocycles. The summed E-state index contributed by atoms with van der Waals surface area (Å²) in [6.45, 7) is 2.10. The number of carbonyl (C=O) groups excluding carboxylic acids is 1. The second kappa shape index (κ2) is 6.10. The zero-order valence-corrected chi connectivity index (χ0v) is 15.1. The van der Waals surface area contributed by atoms with Crippen LogP contribution in [0.15, 0.2) is 24.3 Å². The summed E-state index contributed by atoms with van der Waals surface area (Å²) < 4.78 is 5.04. The highest BCUT2D eigenvalue weighted by Crippen LogP contribution is 2.49. The summed E-state index contributed by atoms with van der Waals surface area (Å²) in [6.07, 6.45) is 3.14. The van der Waals surface area contributed by atoms with Gasteiger partial charge in [0.2, 0.25) is 0 Å². The normalized spacial score (nSPS) is 34.0. The number of H-pyrrole nitrogens is 1. The molecule has 5 heteroatoms. The van der Waals surface area contributed by atoms with Gasteiger partial charge in [0.25, 0.3) is 0 Å². The molecule has 138 valence electrons. The van der Waals surface area contributed by atoms with Gasteiger partial charge in [-0.05, 0) is 49.1 Å². The Kier molecular flexibility index (Phi) is 3.83. The van der Waals surface area contributed by atoms with Crippen LogP contribution in [-0.4, -0.2) is 47.3 Å². The van der Waals surface area contributed by atoms with Crippen LogP contribution in [-0.2, 0) is 16.0 Å². The van der Waals surface area contributed by atoms with Gasteiger partial charge >= 0.3 is 5.97 Å². The van der Waals surface area contributed by atoms with Crippen molar-refractivity contribution < 1.29 is 14.6 Å². The van der Waals surface area contributed by atoms with E-state index < -0.39 is 6.10 Å². The van der Waals surface area contributed by atoms with Crippen LogP contribution in [0.4, 0.5) is 0 Å². The first-order chi connectivity index (χ1) is 12.7. The second-order valence-electron chi connectivity index (χ2n) is 8.18. The van der Waals surface area contributed by atoms with Crippen LogP contribution < -0.4 is 0 Å². The van der Waals surface area contributed by atoms with Gasteiger partial charge in [-0.3, -0.25) is 9.69 Å². The lowest BCUT2D eigenvalue weighted by Crippen LogP contribution is -2.53. The standard InChI is InChI=1S/C21H26N2O3/c1-26-21(25)19-15-10-17-20-14(13-4-2-3-5-16(13)22-20)8-9-23(17)11-12(15)6-7-18(19)24/h2-5,12,15,17-19,22,24H,6-11H2,1H3/t12-,15+,17+,18-,19-/m1/s1. The molecular formula is C21H26N2O3. The van der Waals surface area contributed by atoms with Gasteiger partial charge in [-0.2, -0.15) is 0 Å². The van der Waals surface area contributed by atoms with E-state index in [1.165, 1.54) is 29.3 Å². The molecule has 0 amide bonds. The lowest BCUT2D eigenvalue weighted by Gasteiger charge is -2.50. The Balaban J connectivity index is 1.52. The average Bonchev–Trinajstić information content (AvgIpc) is 3.05. The number of aliphatic hydroxyl groups excluding tert-OH is 1. The molecule has 3 heterocycles. The van der Waals surface area contributed by atoms with Crippen molar-refractivity contribution in [1.29, 1.82) is 0 Å². The molecule has 0 radical (unpaired) electrons. The fraction of sp³-hybridized carbons (Fsp3) is 0.571. The van der Waals surface area contributed by atoms with Crippen LogP contribution in [0, 0.1) is 17.8 Å². The van der Waals surface area contributed by atoms with Crippen LogP contribution in [0.2, 0.25) is 0 Å². The third-order valence-corrected chi connectivity index (χ3v) is 7.02. The fourth-order valence-electron chi connectivity index (χ4n) is 5.80. The molecule has 5 atom stereocenters. The molecule has 2 aromatic rings. The van der Waals surface area contributed by atoms with Crippen LogP contribution in [0.5, 0.6) is 0 Å². The van der Waals surface area contributed by atoms with Crippen molar-refractivity contribution in [2.75, 3.05) is 20.2 Å². The minimum absolute atomic E-state index is 0.199. The summed E-state index contributed by atoms with van der Waals surface area (Å²) in [5, 5.41) is 11.8. The molecule has 5 nitrogen and oxygen atoms in total. The van der Waals surface area contributed by atoms with Crippen molar-refractivity contribution in [3.05, 3.63) is 35.5 Å². The number of rotatable bonds is 1. The Morgan fingerprint density at radius 2 is 2.15 bits per heavy atom. The van der Waals surface area contributed by atoms with Gasteiger partial charge < -0.3 is 14.8 Å². The highest BCUT2D eigenvalue weighted by atomic mass is 16.5. The lowest BCUT2D eigenvalue weighted by molar-refractivity contribution is -0.160. The largest absolute Gasteiger partial charge is 0.469 e. The first-order valence-electron chi connectivity index (χ1n) is 9.76. The zero-order chi connectivity index (χ0) is 17.8. The zero-order valence-electron chi connectivity index (χ0n) is 15.1. The molecule has 1 saturated heterocycles. The molecule has 1 aromatic carbocycles. The van der Waals surface area contributed by atoms with Crippen molar-refractivity contribution in [3.8, 4) is 0 Å². The lowest BCUT2D eigenvalue weighted by atomic mass is 9.65. The van der Waals surface area contributed by atoms with E-state index in [-0.39, 0.29) is 17.8 Å². The number of aromatic amines is 1. The third-order valence-electron chi connectivity index (χ3n) is 7.02. The SMILES string of the molecule is COC(=O)[C@@H]1[C@H]2C[C@H]3c4[nH]c5ccccc5c4CCN3C[C@H]2CC[C@H]1O. The molecule has 26 heavy (non-hydrogen) atoms. The number of ether oxygens (including phenoxy) is 1. The molecule has 0 bridgehead atoms. The highest BCUT2D eigenvalue weighted by Gasteiger charge is 2.49. The van der Waals surface area contributed by atoms with E-state index >= 15 is 0 Å². The molecule has 1 aromatic heterocycles. The number of methoxy groups -OCH3 is 1. The van der Waals surface area contributed by atoms with Crippen LogP contribution in [0.25, 0.3) is 10.9 Å². The van der Waals surface area contributed by atoms with Crippen molar-refractivity contribution in [2.45, 2.75) is 37.8 Å². The van der Waals surface area contributed by atoms with E-state index in [4.69, 9.17) is 4.74 Å². The summed E-state index contributed by atoms with van der Waals surface area (Å²) in [6, 6.07) is 8.83. The molecule has 0 unspecified atom stereocenters. The monoisotopic (exact) mass is 354 g/mol. The maximum absolute atomic E-state index is 12.4. The quantitative estimate of drug-likeness (QED) is 0.773. The molecule has 2 N–H and O–H groups in total. The minimum Gasteiger partial charge on any atom is -0.469 e. The highest BCUT2D eigenvalue weighted by molar-refractivity contribution is 5.85. The van der Waals surface area contributed by atoms with Crippen LogP contribution in [0.3, 0.4) is 0 Å². The number of aliphatic hydroxyl groups is 1. The van der Waals surface area contributed by atoms with E-state index in [1.54, 1.807) is 0 Å². The summed E-state index contributed by atoms with van der Waals surface area (Å²) >= 11 is 0. The first kappa shape index (κ1) is 16.3.